The van der Waals surface area contributed by atoms with E-state index in [0.717, 1.165) is 40.7 Å². The van der Waals surface area contributed by atoms with E-state index in [9.17, 15) is 9.59 Å². The lowest BCUT2D eigenvalue weighted by atomic mass is 9.85. The van der Waals surface area contributed by atoms with E-state index in [2.05, 4.69) is 60.2 Å². The van der Waals surface area contributed by atoms with E-state index in [1.165, 1.54) is 5.56 Å². The summed E-state index contributed by atoms with van der Waals surface area (Å²) in [5.74, 6) is 0.473. The van der Waals surface area contributed by atoms with Crippen LogP contribution in [0.2, 0.25) is 0 Å². The molecule has 0 bridgehead atoms. The summed E-state index contributed by atoms with van der Waals surface area (Å²) in [6.07, 6.45) is 6.75. The van der Waals surface area contributed by atoms with Crippen LogP contribution in [0.15, 0.2) is 67.3 Å². The molecular weight excluding hydrogens is 450 g/mol. The number of para-hydroxylation sites is 1. The highest BCUT2D eigenvalue weighted by molar-refractivity contribution is 5.97. The van der Waals surface area contributed by atoms with Gasteiger partial charge >= 0.3 is 0 Å². The molecule has 7 heteroatoms. The number of H-pyrrole nitrogens is 1. The van der Waals surface area contributed by atoms with Crippen LogP contribution in [0.5, 0.6) is 0 Å². The number of imidazole rings is 1. The minimum absolute atomic E-state index is 0.00414. The summed E-state index contributed by atoms with van der Waals surface area (Å²) in [6.45, 7) is 5.80. The number of amides is 2. The molecule has 0 aliphatic carbocycles. The molecule has 0 radical (unpaired) electrons. The van der Waals surface area contributed by atoms with Crippen LogP contribution >= 0.6 is 0 Å². The highest BCUT2D eigenvalue weighted by Crippen LogP contribution is 2.42. The molecule has 4 aromatic rings. The van der Waals surface area contributed by atoms with Crippen molar-refractivity contribution in [1.29, 1.82) is 0 Å². The number of nitrogens with zero attached hydrogens (tertiary/aromatic N) is 4. The van der Waals surface area contributed by atoms with Gasteiger partial charge in [-0.15, -0.1) is 0 Å². The van der Waals surface area contributed by atoms with Gasteiger partial charge in [-0.05, 0) is 35.1 Å². The fourth-order valence-electron chi connectivity index (χ4n) is 5.79. The first-order valence-electron chi connectivity index (χ1n) is 12.8. The van der Waals surface area contributed by atoms with Crippen molar-refractivity contribution in [3.8, 4) is 0 Å². The molecule has 2 aromatic heterocycles. The second-order valence-corrected chi connectivity index (χ2v) is 10.2. The standard InChI is InChI=1S/C29H31N5O2/c1-19(2)20-8-10-21(11-9-20)28-27-23(22-6-3-4-7-24(22)31-27)16-25-29(36)33(17-26(35)34(25)28)14-5-13-32-15-12-30-18-32/h3-4,6-12,15,18-19,25,28,31H,5,13-14,16-17H2,1-2H3/t25-,28-/m1/s1. The molecule has 184 valence electrons. The Hall–Kier alpha value is -3.87. The largest absolute Gasteiger partial charge is 0.356 e. The summed E-state index contributed by atoms with van der Waals surface area (Å²) in [7, 11) is 0. The van der Waals surface area contributed by atoms with E-state index in [0.29, 0.717) is 18.9 Å². The normalized spacial score (nSPS) is 19.8. The van der Waals surface area contributed by atoms with E-state index in [-0.39, 0.29) is 24.4 Å². The Morgan fingerprint density at radius 1 is 1.06 bits per heavy atom. The molecule has 2 amide bonds. The molecule has 6 rings (SSSR count). The molecule has 0 unspecified atom stereocenters. The van der Waals surface area contributed by atoms with Gasteiger partial charge in [0.15, 0.2) is 0 Å². The summed E-state index contributed by atoms with van der Waals surface area (Å²) < 4.78 is 2.00. The topological polar surface area (TPSA) is 74.2 Å². The van der Waals surface area contributed by atoms with Gasteiger partial charge in [0, 0.05) is 48.5 Å². The average Bonchev–Trinajstić information content (AvgIpc) is 3.53. The number of aromatic amines is 1. The summed E-state index contributed by atoms with van der Waals surface area (Å²) in [6, 6.07) is 15.9. The van der Waals surface area contributed by atoms with Gasteiger partial charge in [-0.25, -0.2) is 4.98 Å². The van der Waals surface area contributed by atoms with Crippen LogP contribution in [0.25, 0.3) is 10.9 Å². The molecular formula is C29H31N5O2. The van der Waals surface area contributed by atoms with Crippen LogP contribution in [-0.2, 0) is 22.6 Å². The smallest absolute Gasteiger partial charge is 0.246 e. The van der Waals surface area contributed by atoms with Crippen molar-refractivity contribution in [2.45, 2.75) is 51.2 Å². The maximum atomic E-state index is 13.8. The van der Waals surface area contributed by atoms with Crippen LogP contribution in [0.1, 0.15) is 54.6 Å². The summed E-state index contributed by atoms with van der Waals surface area (Å²) >= 11 is 0. The molecule has 0 spiro atoms. The van der Waals surface area contributed by atoms with E-state index < -0.39 is 6.04 Å². The lowest BCUT2D eigenvalue weighted by Gasteiger charge is -2.47. The number of carbonyl (C=O) groups excluding carboxylic acids is 2. The molecule has 1 fully saturated rings. The van der Waals surface area contributed by atoms with Gasteiger partial charge in [-0.2, -0.15) is 0 Å². The summed E-state index contributed by atoms with van der Waals surface area (Å²) in [4.78, 5) is 38.7. The molecule has 7 nitrogen and oxygen atoms in total. The van der Waals surface area contributed by atoms with Crippen molar-refractivity contribution in [1.82, 2.24) is 24.3 Å². The van der Waals surface area contributed by atoms with E-state index in [4.69, 9.17) is 0 Å². The van der Waals surface area contributed by atoms with Crippen molar-refractivity contribution < 1.29 is 9.59 Å². The first-order valence-corrected chi connectivity index (χ1v) is 12.8. The Bertz CT molecular complexity index is 1400. The predicted molar refractivity (Wildman–Crippen MR) is 138 cm³/mol. The summed E-state index contributed by atoms with van der Waals surface area (Å²) in [5.41, 5.74) is 5.51. The fourth-order valence-corrected chi connectivity index (χ4v) is 5.79. The Kier molecular flexibility index (Phi) is 5.63. The van der Waals surface area contributed by atoms with Crippen molar-refractivity contribution >= 4 is 22.7 Å². The van der Waals surface area contributed by atoms with Gasteiger partial charge < -0.3 is 19.4 Å². The van der Waals surface area contributed by atoms with Gasteiger partial charge in [0.05, 0.1) is 18.9 Å². The predicted octanol–water partition coefficient (Wildman–Crippen LogP) is 4.26. The fraction of sp³-hybridized carbons (Fsp3) is 0.345. The zero-order chi connectivity index (χ0) is 24.8. The molecule has 2 atom stereocenters. The third-order valence-corrected chi connectivity index (χ3v) is 7.66. The Morgan fingerprint density at radius 2 is 1.86 bits per heavy atom. The maximum absolute atomic E-state index is 13.8. The Balaban J connectivity index is 1.36. The lowest BCUT2D eigenvalue weighted by molar-refractivity contribution is -0.158. The third-order valence-electron chi connectivity index (χ3n) is 7.66. The SMILES string of the molecule is CC(C)c1ccc([C@@H]2c3[nH]c4ccccc4c3C[C@@H]3C(=O)N(CCCn4ccnc4)CC(=O)N23)cc1. The van der Waals surface area contributed by atoms with Crippen molar-refractivity contribution in [3.63, 3.8) is 0 Å². The van der Waals surface area contributed by atoms with Gasteiger partial charge in [-0.3, -0.25) is 9.59 Å². The number of benzene rings is 2. The second kappa shape index (κ2) is 8.97. The zero-order valence-corrected chi connectivity index (χ0v) is 20.7. The number of hydrogen-bond donors (Lipinski definition) is 1. The third kappa shape index (κ3) is 3.79. The van der Waals surface area contributed by atoms with Crippen LogP contribution in [-0.4, -0.2) is 55.3 Å². The monoisotopic (exact) mass is 481 g/mol. The van der Waals surface area contributed by atoms with Crippen LogP contribution in [0.4, 0.5) is 0 Å². The van der Waals surface area contributed by atoms with E-state index in [1.54, 1.807) is 17.4 Å². The number of piperazine rings is 1. The van der Waals surface area contributed by atoms with Crippen molar-refractivity contribution in [2.24, 2.45) is 0 Å². The van der Waals surface area contributed by atoms with Crippen molar-refractivity contribution in [2.75, 3.05) is 13.1 Å². The molecule has 1 saturated heterocycles. The first-order chi connectivity index (χ1) is 17.5. The molecule has 4 heterocycles. The minimum Gasteiger partial charge on any atom is -0.356 e. The van der Waals surface area contributed by atoms with E-state index in [1.807, 2.05) is 27.8 Å². The number of nitrogens with one attached hydrogen (secondary N) is 1. The number of rotatable bonds is 6. The number of carbonyl (C=O) groups is 2. The van der Waals surface area contributed by atoms with Crippen molar-refractivity contribution in [3.05, 3.63) is 89.6 Å². The quantitative estimate of drug-likeness (QED) is 0.447. The first kappa shape index (κ1) is 22.6. The molecule has 2 aliphatic rings. The molecule has 36 heavy (non-hydrogen) atoms. The molecule has 2 aliphatic heterocycles. The highest BCUT2D eigenvalue weighted by atomic mass is 16.2. The lowest BCUT2D eigenvalue weighted by Crippen LogP contribution is -2.63. The van der Waals surface area contributed by atoms with Crippen LogP contribution < -0.4 is 0 Å². The van der Waals surface area contributed by atoms with E-state index >= 15 is 0 Å². The van der Waals surface area contributed by atoms with Crippen LogP contribution in [0.3, 0.4) is 0 Å². The number of fused-ring (bicyclic) bond motifs is 4. The van der Waals surface area contributed by atoms with Gasteiger partial charge in [0.25, 0.3) is 0 Å². The molecule has 0 saturated carbocycles. The average molecular weight is 482 g/mol. The van der Waals surface area contributed by atoms with Crippen LogP contribution in [0, 0.1) is 0 Å². The minimum atomic E-state index is -0.499. The maximum Gasteiger partial charge on any atom is 0.246 e. The molecule has 1 N–H and O–H groups in total. The zero-order valence-electron chi connectivity index (χ0n) is 20.7. The number of aryl methyl sites for hydroxylation is 1. The highest BCUT2D eigenvalue weighted by Gasteiger charge is 2.48. The Morgan fingerprint density at radius 3 is 2.61 bits per heavy atom. The molecule has 2 aromatic carbocycles. The van der Waals surface area contributed by atoms with Gasteiger partial charge in [0.1, 0.15) is 6.04 Å². The summed E-state index contributed by atoms with van der Waals surface area (Å²) in [5, 5.41) is 1.13. The number of hydrogen-bond acceptors (Lipinski definition) is 3. The Labute approximate surface area is 210 Å². The van der Waals surface area contributed by atoms with Gasteiger partial charge in [0.2, 0.25) is 11.8 Å². The van der Waals surface area contributed by atoms with Gasteiger partial charge in [-0.1, -0.05) is 56.3 Å². The second-order valence-electron chi connectivity index (χ2n) is 10.2. The number of aromatic nitrogens is 3.